The summed E-state index contributed by atoms with van der Waals surface area (Å²) in [4.78, 5) is 26.3. The number of likely N-dealkylation sites (tertiary alicyclic amines) is 1. The van der Waals surface area contributed by atoms with Gasteiger partial charge in [0.1, 0.15) is 11.6 Å². The molecular weight excluding hydrogens is 384 g/mol. The Labute approximate surface area is 166 Å². The van der Waals surface area contributed by atoms with Crippen molar-refractivity contribution >= 4 is 11.9 Å². The molecule has 0 aliphatic carbocycles. The molecule has 0 unspecified atom stereocenters. The van der Waals surface area contributed by atoms with E-state index in [1.54, 1.807) is 0 Å². The first kappa shape index (κ1) is 20.9. The zero-order chi connectivity index (χ0) is 21.1. The van der Waals surface area contributed by atoms with Gasteiger partial charge in [0.25, 0.3) is 5.91 Å². The summed E-state index contributed by atoms with van der Waals surface area (Å²) in [6.07, 6.45) is 0.493. The fourth-order valence-electron chi connectivity index (χ4n) is 3.57. The van der Waals surface area contributed by atoms with E-state index in [2.05, 4.69) is 29.2 Å². The SMILES string of the molecule is CC(C)CN1CC[C@H](NC(=O)c2cc(-c3ccc(F)cc3F)on2)[C@@H](C(=O)O)C1. The van der Waals surface area contributed by atoms with E-state index in [1.165, 1.54) is 12.1 Å². The number of rotatable bonds is 6. The Balaban J connectivity index is 1.70. The van der Waals surface area contributed by atoms with E-state index in [0.29, 0.717) is 31.5 Å². The van der Waals surface area contributed by atoms with Gasteiger partial charge in [0, 0.05) is 37.8 Å². The van der Waals surface area contributed by atoms with E-state index in [9.17, 15) is 23.5 Å². The van der Waals surface area contributed by atoms with Gasteiger partial charge in [-0.25, -0.2) is 8.78 Å². The quantitative estimate of drug-likeness (QED) is 0.765. The van der Waals surface area contributed by atoms with Gasteiger partial charge in [-0.05, 0) is 24.5 Å². The maximum Gasteiger partial charge on any atom is 0.309 e. The van der Waals surface area contributed by atoms with Crippen LogP contribution in [0.4, 0.5) is 8.78 Å². The molecule has 7 nitrogen and oxygen atoms in total. The van der Waals surface area contributed by atoms with Gasteiger partial charge < -0.3 is 19.8 Å². The van der Waals surface area contributed by atoms with Crippen LogP contribution in [0.2, 0.25) is 0 Å². The molecule has 1 fully saturated rings. The van der Waals surface area contributed by atoms with Crippen molar-refractivity contribution in [1.29, 1.82) is 0 Å². The number of carboxylic acid groups (broad SMARTS) is 1. The van der Waals surface area contributed by atoms with Crippen molar-refractivity contribution in [1.82, 2.24) is 15.4 Å². The van der Waals surface area contributed by atoms with Gasteiger partial charge in [-0.3, -0.25) is 9.59 Å². The van der Waals surface area contributed by atoms with E-state index in [4.69, 9.17) is 4.52 Å². The second kappa shape index (κ2) is 8.69. The van der Waals surface area contributed by atoms with E-state index >= 15 is 0 Å². The monoisotopic (exact) mass is 407 g/mol. The molecule has 1 saturated heterocycles. The minimum absolute atomic E-state index is 0.0193. The van der Waals surface area contributed by atoms with Gasteiger partial charge in [0.15, 0.2) is 11.5 Å². The maximum atomic E-state index is 13.9. The van der Waals surface area contributed by atoms with Gasteiger partial charge in [0.05, 0.1) is 11.5 Å². The predicted molar refractivity (Wildman–Crippen MR) is 100 cm³/mol. The number of carbonyl (C=O) groups is 2. The minimum Gasteiger partial charge on any atom is -0.481 e. The fraction of sp³-hybridized carbons (Fsp3) is 0.450. The lowest BCUT2D eigenvalue weighted by Crippen LogP contribution is -2.54. The molecule has 2 aromatic rings. The highest BCUT2D eigenvalue weighted by Gasteiger charge is 2.36. The molecule has 1 aromatic carbocycles. The second-order valence-corrected chi connectivity index (χ2v) is 7.67. The lowest BCUT2D eigenvalue weighted by atomic mass is 9.91. The minimum atomic E-state index is -0.974. The van der Waals surface area contributed by atoms with Crippen molar-refractivity contribution in [3.63, 3.8) is 0 Å². The van der Waals surface area contributed by atoms with Crippen LogP contribution in [0.5, 0.6) is 0 Å². The van der Waals surface area contributed by atoms with Crippen LogP contribution in [0.3, 0.4) is 0 Å². The zero-order valence-electron chi connectivity index (χ0n) is 16.2. The van der Waals surface area contributed by atoms with Crippen molar-refractivity contribution < 1.29 is 28.0 Å². The number of aromatic nitrogens is 1. The molecule has 1 amide bonds. The Hall–Kier alpha value is -2.81. The summed E-state index contributed by atoms with van der Waals surface area (Å²) in [5.41, 5.74) is -0.124. The van der Waals surface area contributed by atoms with Gasteiger partial charge in [-0.1, -0.05) is 19.0 Å². The summed E-state index contributed by atoms with van der Waals surface area (Å²) in [5, 5.41) is 15.9. The lowest BCUT2D eigenvalue weighted by Gasteiger charge is -2.37. The number of benzene rings is 1. The summed E-state index contributed by atoms with van der Waals surface area (Å²) in [6, 6.07) is 3.67. The Kier molecular flexibility index (Phi) is 6.26. The van der Waals surface area contributed by atoms with E-state index in [1.807, 2.05) is 0 Å². The topological polar surface area (TPSA) is 95.7 Å². The third kappa shape index (κ3) is 4.97. The molecule has 2 heterocycles. The van der Waals surface area contributed by atoms with Crippen molar-refractivity contribution in [3.8, 4) is 11.3 Å². The highest BCUT2D eigenvalue weighted by molar-refractivity contribution is 5.93. The van der Waals surface area contributed by atoms with Crippen LogP contribution in [-0.4, -0.2) is 52.7 Å². The number of amides is 1. The van der Waals surface area contributed by atoms with Crippen molar-refractivity contribution in [2.45, 2.75) is 26.3 Å². The van der Waals surface area contributed by atoms with Gasteiger partial charge in [-0.2, -0.15) is 0 Å². The van der Waals surface area contributed by atoms with Crippen LogP contribution in [-0.2, 0) is 4.79 Å². The number of aliphatic carboxylic acids is 1. The predicted octanol–water partition coefficient (Wildman–Crippen LogP) is 2.78. The maximum absolute atomic E-state index is 13.9. The summed E-state index contributed by atoms with van der Waals surface area (Å²) >= 11 is 0. The number of carbonyl (C=O) groups excluding carboxylic acids is 1. The number of nitrogens with zero attached hydrogens (tertiary/aromatic N) is 2. The molecule has 1 aliphatic rings. The van der Waals surface area contributed by atoms with Crippen molar-refractivity contribution in [3.05, 3.63) is 41.6 Å². The lowest BCUT2D eigenvalue weighted by molar-refractivity contribution is -0.144. The zero-order valence-corrected chi connectivity index (χ0v) is 16.2. The highest BCUT2D eigenvalue weighted by atomic mass is 19.1. The fourth-order valence-corrected chi connectivity index (χ4v) is 3.57. The molecular formula is C20H23F2N3O4. The van der Waals surface area contributed by atoms with Gasteiger partial charge in [-0.15, -0.1) is 0 Å². The first-order valence-electron chi connectivity index (χ1n) is 9.42. The Bertz CT molecular complexity index is 900. The number of nitrogens with one attached hydrogen (secondary N) is 1. The first-order chi connectivity index (χ1) is 13.7. The Morgan fingerprint density at radius 1 is 1.34 bits per heavy atom. The molecule has 0 bridgehead atoms. The van der Waals surface area contributed by atoms with Crippen molar-refractivity contribution in [2.75, 3.05) is 19.6 Å². The molecule has 3 rings (SSSR count). The van der Waals surface area contributed by atoms with Crippen molar-refractivity contribution in [2.24, 2.45) is 11.8 Å². The average Bonchev–Trinajstić information content (AvgIpc) is 3.12. The average molecular weight is 407 g/mol. The van der Waals surface area contributed by atoms with Crippen LogP contribution in [0, 0.1) is 23.5 Å². The summed E-state index contributed by atoms with van der Waals surface area (Å²) in [7, 11) is 0. The largest absolute Gasteiger partial charge is 0.481 e. The van der Waals surface area contributed by atoms with E-state index in [-0.39, 0.29) is 17.0 Å². The standard InChI is InChI=1S/C20H23F2N3O4/c1-11(2)9-25-6-5-16(14(10-25)20(27)28)23-19(26)17-8-18(29-24-17)13-4-3-12(21)7-15(13)22/h3-4,7-8,11,14,16H,5-6,9-10H2,1-2H3,(H,23,26)(H,27,28)/t14-,16-/m0/s1. The Morgan fingerprint density at radius 3 is 2.76 bits per heavy atom. The van der Waals surface area contributed by atoms with Crippen LogP contribution >= 0.6 is 0 Å². The van der Waals surface area contributed by atoms with Crippen LogP contribution in [0.15, 0.2) is 28.8 Å². The Morgan fingerprint density at radius 2 is 2.10 bits per heavy atom. The third-order valence-electron chi connectivity index (χ3n) is 4.89. The molecule has 1 aliphatic heterocycles. The van der Waals surface area contributed by atoms with Crippen LogP contribution in [0.1, 0.15) is 30.8 Å². The number of hydrogen-bond acceptors (Lipinski definition) is 5. The normalized spacial score (nSPS) is 20.0. The molecule has 1 aromatic heterocycles. The third-order valence-corrected chi connectivity index (χ3v) is 4.89. The molecule has 9 heteroatoms. The molecule has 0 radical (unpaired) electrons. The first-order valence-corrected chi connectivity index (χ1v) is 9.42. The van der Waals surface area contributed by atoms with E-state index < -0.39 is 35.5 Å². The second-order valence-electron chi connectivity index (χ2n) is 7.67. The molecule has 2 atom stereocenters. The van der Waals surface area contributed by atoms with Gasteiger partial charge in [0.2, 0.25) is 0 Å². The number of halogens is 2. The van der Waals surface area contributed by atoms with Gasteiger partial charge >= 0.3 is 5.97 Å². The molecule has 156 valence electrons. The smallest absolute Gasteiger partial charge is 0.309 e. The number of hydrogen-bond donors (Lipinski definition) is 2. The van der Waals surface area contributed by atoms with E-state index in [0.717, 1.165) is 12.6 Å². The highest BCUT2D eigenvalue weighted by Crippen LogP contribution is 2.25. The summed E-state index contributed by atoms with van der Waals surface area (Å²) < 4.78 is 32.0. The molecule has 29 heavy (non-hydrogen) atoms. The molecule has 0 spiro atoms. The number of carboxylic acids is 1. The number of piperidine rings is 1. The van der Waals surface area contributed by atoms with Crippen LogP contribution in [0.25, 0.3) is 11.3 Å². The summed E-state index contributed by atoms with van der Waals surface area (Å²) in [5.74, 6) is -3.49. The molecule has 2 N–H and O–H groups in total. The van der Waals surface area contributed by atoms with Crippen LogP contribution < -0.4 is 5.32 Å². The summed E-state index contributed by atoms with van der Waals surface area (Å²) in [6.45, 7) is 5.95. The molecule has 0 saturated carbocycles.